The molecule has 1 aliphatic heterocycles. The zero-order valence-corrected chi connectivity index (χ0v) is 21.6. The zero-order valence-electron chi connectivity index (χ0n) is 20.8. The van der Waals surface area contributed by atoms with Crippen molar-refractivity contribution in [3.63, 3.8) is 0 Å². The average molecular weight is 512 g/mol. The third-order valence-corrected chi connectivity index (χ3v) is 7.98. The van der Waals surface area contributed by atoms with Crippen LogP contribution in [0.4, 0.5) is 0 Å². The van der Waals surface area contributed by atoms with Crippen LogP contribution in [-0.2, 0) is 39.0 Å². The molecule has 0 spiro atoms. The first kappa shape index (κ1) is 25.9. The van der Waals surface area contributed by atoms with Crippen LogP contribution in [0.2, 0.25) is 0 Å². The molecule has 2 amide bonds. The van der Waals surface area contributed by atoms with Gasteiger partial charge in [0.2, 0.25) is 21.8 Å². The van der Waals surface area contributed by atoms with Gasteiger partial charge in [0.05, 0.1) is 10.4 Å². The Morgan fingerprint density at radius 3 is 2.64 bits per heavy atom. The van der Waals surface area contributed by atoms with E-state index < -0.39 is 27.5 Å². The van der Waals surface area contributed by atoms with Gasteiger partial charge in [-0.15, -0.1) is 0 Å². The van der Waals surface area contributed by atoms with Crippen LogP contribution >= 0.6 is 0 Å². The molecule has 10 heteroatoms. The minimum Gasteiger partial charge on any atom is -0.361 e. The summed E-state index contributed by atoms with van der Waals surface area (Å²) < 4.78 is 27.5. The van der Waals surface area contributed by atoms with Gasteiger partial charge in [-0.1, -0.05) is 31.2 Å². The predicted molar refractivity (Wildman–Crippen MR) is 139 cm³/mol. The summed E-state index contributed by atoms with van der Waals surface area (Å²) in [4.78, 5) is 31.6. The molecule has 0 radical (unpaired) electrons. The molecule has 1 atom stereocenters. The maximum absolute atomic E-state index is 13.7. The molecule has 0 fully saturated rings. The van der Waals surface area contributed by atoms with Crippen LogP contribution < -0.4 is 15.8 Å². The highest BCUT2D eigenvalue weighted by molar-refractivity contribution is 7.89. The number of aromatic nitrogens is 1. The number of carbonyl (C=O) groups is 2. The quantitative estimate of drug-likeness (QED) is 0.366. The van der Waals surface area contributed by atoms with Crippen LogP contribution in [0.5, 0.6) is 0 Å². The van der Waals surface area contributed by atoms with Gasteiger partial charge >= 0.3 is 0 Å². The number of aromatic amines is 1. The van der Waals surface area contributed by atoms with E-state index in [1.165, 1.54) is 0 Å². The van der Waals surface area contributed by atoms with Gasteiger partial charge in [-0.2, -0.15) is 0 Å². The number of hydrogen-bond donors (Lipinski definition) is 4. The summed E-state index contributed by atoms with van der Waals surface area (Å²) in [6.45, 7) is 5.93. The number of para-hydroxylation sites is 1. The summed E-state index contributed by atoms with van der Waals surface area (Å²) in [5, 5.41) is 3.84. The number of amides is 2. The molecule has 3 aromatic rings. The van der Waals surface area contributed by atoms with E-state index in [1.54, 1.807) is 37.8 Å². The molecular formula is C26H33N5O4S. The SMILES string of the molecule is CCNS(=O)(=O)c1ccc2c(c1)CN(C(=O)C(Cc1c[nH]c3ccccc13)NC(=O)C(C)(C)N)CC2. The molecule has 36 heavy (non-hydrogen) atoms. The fourth-order valence-corrected chi connectivity index (χ4v) is 5.54. The summed E-state index contributed by atoms with van der Waals surface area (Å²) in [5.41, 5.74) is 8.51. The van der Waals surface area contributed by atoms with E-state index in [-0.39, 0.29) is 23.9 Å². The van der Waals surface area contributed by atoms with Crippen molar-refractivity contribution in [2.75, 3.05) is 13.1 Å². The van der Waals surface area contributed by atoms with Crippen LogP contribution in [0.15, 0.2) is 53.6 Å². The minimum atomic E-state index is -3.61. The molecule has 0 bridgehead atoms. The van der Waals surface area contributed by atoms with Crippen LogP contribution in [-0.4, -0.2) is 54.8 Å². The van der Waals surface area contributed by atoms with Crippen molar-refractivity contribution in [3.8, 4) is 0 Å². The highest BCUT2D eigenvalue weighted by Crippen LogP contribution is 2.25. The van der Waals surface area contributed by atoms with Crippen molar-refractivity contribution >= 4 is 32.7 Å². The van der Waals surface area contributed by atoms with Crippen molar-refractivity contribution in [2.45, 2.75) is 56.6 Å². The Labute approximate surface area is 211 Å². The first-order chi connectivity index (χ1) is 17.0. The average Bonchev–Trinajstić information content (AvgIpc) is 3.24. The first-order valence-electron chi connectivity index (χ1n) is 12.0. The third kappa shape index (κ3) is 5.45. The Kier molecular flexibility index (Phi) is 7.21. The Balaban J connectivity index is 1.61. The summed E-state index contributed by atoms with van der Waals surface area (Å²) >= 11 is 0. The maximum atomic E-state index is 13.7. The molecule has 192 valence electrons. The molecule has 4 rings (SSSR count). The summed E-state index contributed by atoms with van der Waals surface area (Å²) in [6, 6.07) is 12.0. The van der Waals surface area contributed by atoms with Crippen LogP contribution in [0.25, 0.3) is 10.9 Å². The highest BCUT2D eigenvalue weighted by atomic mass is 32.2. The smallest absolute Gasteiger partial charge is 0.245 e. The van der Waals surface area contributed by atoms with E-state index >= 15 is 0 Å². The van der Waals surface area contributed by atoms with E-state index in [2.05, 4.69) is 15.0 Å². The van der Waals surface area contributed by atoms with Crippen molar-refractivity contribution < 1.29 is 18.0 Å². The number of nitrogens with zero attached hydrogens (tertiary/aromatic N) is 1. The summed E-state index contributed by atoms with van der Waals surface area (Å²) in [5.74, 6) is -0.652. The number of nitrogens with one attached hydrogen (secondary N) is 3. The van der Waals surface area contributed by atoms with Crippen LogP contribution in [0, 0.1) is 0 Å². The molecular weight excluding hydrogens is 478 g/mol. The van der Waals surface area contributed by atoms with Gasteiger partial charge in [0, 0.05) is 43.2 Å². The lowest BCUT2D eigenvalue weighted by Gasteiger charge is -2.33. The summed E-state index contributed by atoms with van der Waals surface area (Å²) in [7, 11) is -3.61. The lowest BCUT2D eigenvalue weighted by molar-refractivity contribution is -0.138. The molecule has 9 nitrogen and oxygen atoms in total. The summed E-state index contributed by atoms with van der Waals surface area (Å²) in [6.07, 6.45) is 2.75. The van der Waals surface area contributed by atoms with Gasteiger partial charge in [0.15, 0.2) is 0 Å². The number of benzene rings is 2. The number of H-pyrrole nitrogens is 1. The number of rotatable bonds is 8. The van der Waals surface area contributed by atoms with E-state index in [9.17, 15) is 18.0 Å². The molecule has 0 aliphatic carbocycles. The van der Waals surface area contributed by atoms with Crippen LogP contribution in [0.3, 0.4) is 0 Å². The largest absolute Gasteiger partial charge is 0.361 e. The molecule has 2 aromatic carbocycles. The van der Waals surface area contributed by atoms with Gasteiger partial charge in [-0.05, 0) is 55.2 Å². The monoisotopic (exact) mass is 511 g/mol. The molecule has 5 N–H and O–H groups in total. The lowest BCUT2D eigenvalue weighted by atomic mass is 9.97. The van der Waals surface area contributed by atoms with E-state index in [4.69, 9.17) is 5.73 Å². The molecule has 0 saturated heterocycles. The second-order valence-electron chi connectivity index (χ2n) is 9.75. The predicted octanol–water partition coefficient (Wildman–Crippen LogP) is 1.82. The van der Waals surface area contributed by atoms with Gasteiger partial charge in [-0.3, -0.25) is 9.59 Å². The zero-order chi connectivity index (χ0) is 26.1. The standard InChI is InChI=1S/C26H33N5O4S/c1-4-29-36(34,35)20-10-9-17-11-12-31(16-19(17)13-20)24(32)23(30-25(33)26(2,3)27)14-18-15-28-22-8-6-5-7-21(18)22/h5-10,13,15,23,28-29H,4,11-12,14,16,27H2,1-3H3,(H,30,33). The molecule has 2 heterocycles. The minimum absolute atomic E-state index is 0.172. The molecule has 1 aromatic heterocycles. The van der Waals surface area contributed by atoms with E-state index in [0.717, 1.165) is 27.6 Å². The van der Waals surface area contributed by atoms with Crippen molar-refractivity contribution in [3.05, 3.63) is 65.4 Å². The van der Waals surface area contributed by atoms with Gasteiger partial charge in [-0.25, -0.2) is 13.1 Å². The van der Waals surface area contributed by atoms with Gasteiger partial charge in [0.25, 0.3) is 0 Å². The first-order valence-corrected chi connectivity index (χ1v) is 13.5. The third-order valence-electron chi connectivity index (χ3n) is 6.43. The van der Waals surface area contributed by atoms with Crippen molar-refractivity contribution in [1.29, 1.82) is 0 Å². The van der Waals surface area contributed by atoms with Gasteiger partial charge in [0.1, 0.15) is 6.04 Å². The van der Waals surface area contributed by atoms with E-state index in [1.807, 2.05) is 36.5 Å². The maximum Gasteiger partial charge on any atom is 0.245 e. The normalized spacial score (nSPS) is 14.9. The molecule has 0 saturated carbocycles. The Hall–Kier alpha value is -3.21. The Morgan fingerprint density at radius 1 is 1.17 bits per heavy atom. The number of sulfonamides is 1. The van der Waals surface area contributed by atoms with Crippen LogP contribution in [0.1, 0.15) is 37.5 Å². The van der Waals surface area contributed by atoms with E-state index in [0.29, 0.717) is 19.4 Å². The Morgan fingerprint density at radius 2 is 1.92 bits per heavy atom. The topological polar surface area (TPSA) is 137 Å². The van der Waals surface area contributed by atoms with Gasteiger partial charge < -0.3 is 20.9 Å². The van der Waals surface area contributed by atoms with Crippen molar-refractivity contribution in [2.24, 2.45) is 5.73 Å². The fourth-order valence-electron chi connectivity index (χ4n) is 4.45. The number of nitrogens with two attached hydrogens (primary N) is 1. The number of hydrogen-bond acceptors (Lipinski definition) is 5. The fraction of sp³-hybridized carbons (Fsp3) is 0.385. The lowest BCUT2D eigenvalue weighted by Crippen LogP contribution is -2.57. The number of carbonyl (C=O) groups excluding carboxylic acids is 2. The second-order valence-corrected chi connectivity index (χ2v) is 11.5. The molecule has 1 aliphatic rings. The second kappa shape index (κ2) is 10.0. The number of fused-ring (bicyclic) bond motifs is 2. The Bertz CT molecular complexity index is 1390. The van der Waals surface area contributed by atoms with Crippen molar-refractivity contribution in [1.82, 2.24) is 19.9 Å². The molecule has 1 unspecified atom stereocenters. The highest BCUT2D eigenvalue weighted by Gasteiger charge is 2.33.